The number of pyridine rings is 1. The molecule has 0 bridgehead atoms. The fourth-order valence-corrected chi connectivity index (χ4v) is 6.37. The Hall–Kier alpha value is -6.99. The molecule has 3 aromatic heterocycles. The van der Waals surface area contributed by atoms with Crippen LogP contribution in [0.15, 0.2) is 164 Å². The lowest BCUT2D eigenvalue weighted by Crippen LogP contribution is -2.03. The quantitative estimate of drug-likeness (QED) is 0.167. The zero-order valence-corrected chi connectivity index (χ0v) is 28.1. The van der Waals surface area contributed by atoms with E-state index >= 15 is 0 Å². The van der Waals surface area contributed by atoms with Crippen LogP contribution in [0.2, 0.25) is 0 Å². The fourth-order valence-electron chi connectivity index (χ4n) is 6.37. The maximum atomic E-state index is 5.05. The number of allylic oxidation sites excluding steroid dienone is 4. The largest absolute Gasteiger partial charge is 0.256 e. The highest BCUT2D eigenvalue weighted by Crippen LogP contribution is 2.31. The summed E-state index contributed by atoms with van der Waals surface area (Å²) in [6.45, 7) is 0. The van der Waals surface area contributed by atoms with Gasteiger partial charge in [0, 0.05) is 45.0 Å². The predicted octanol–water partition coefficient (Wildman–Crippen LogP) is 10.3. The average Bonchev–Trinajstić information content (AvgIpc) is 3.24. The van der Waals surface area contributed by atoms with Crippen LogP contribution >= 0.6 is 0 Å². The van der Waals surface area contributed by atoms with E-state index in [2.05, 4.69) is 59.6 Å². The van der Waals surface area contributed by atoms with Crippen molar-refractivity contribution in [3.8, 4) is 68.1 Å². The second kappa shape index (κ2) is 13.7. The van der Waals surface area contributed by atoms with Crippen LogP contribution in [0.4, 0.5) is 0 Å². The molecule has 1 aliphatic rings. The highest BCUT2D eigenvalue weighted by Gasteiger charge is 2.17. The van der Waals surface area contributed by atoms with E-state index < -0.39 is 0 Å². The lowest BCUT2D eigenvalue weighted by molar-refractivity contribution is 1.01. The third-order valence-electron chi connectivity index (χ3n) is 9.02. The summed E-state index contributed by atoms with van der Waals surface area (Å²) in [7, 11) is 0. The van der Waals surface area contributed by atoms with Crippen molar-refractivity contribution in [2.24, 2.45) is 0 Å². The molecular weight excluding hydrogens is 639 g/mol. The number of rotatable bonds is 7. The minimum Gasteiger partial charge on any atom is -0.256 e. The van der Waals surface area contributed by atoms with Crippen molar-refractivity contribution < 1.29 is 0 Å². The Morgan fingerprint density at radius 2 is 0.885 bits per heavy atom. The third-order valence-corrected chi connectivity index (χ3v) is 9.02. The molecule has 7 nitrogen and oxygen atoms in total. The molecule has 3 heterocycles. The number of nitrogens with zero attached hydrogens (tertiary/aromatic N) is 7. The van der Waals surface area contributed by atoms with Crippen molar-refractivity contribution in [3.05, 3.63) is 170 Å². The molecule has 0 saturated heterocycles. The first-order valence-corrected chi connectivity index (χ1v) is 17.3. The van der Waals surface area contributed by atoms with Crippen LogP contribution < -0.4 is 0 Å². The maximum Gasteiger partial charge on any atom is 0.164 e. The fraction of sp³-hybridized carbons (Fsp3) is 0.0444. The van der Waals surface area contributed by atoms with Crippen molar-refractivity contribution in [2.75, 3.05) is 0 Å². The van der Waals surface area contributed by atoms with E-state index in [1.54, 1.807) is 6.20 Å². The number of hydrogen-bond donors (Lipinski definition) is 0. The summed E-state index contributed by atoms with van der Waals surface area (Å²) >= 11 is 0. The van der Waals surface area contributed by atoms with E-state index in [9.17, 15) is 0 Å². The smallest absolute Gasteiger partial charge is 0.164 e. The molecule has 5 aromatic carbocycles. The molecule has 0 unspecified atom stereocenters. The van der Waals surface area contributed by atoms with Gasteiger partial charge in [-0.3, -0.25) is 4.98 Å². The second-order valence-corrected chi connectivity index (χ2v) is 12.6. The molecule has 0 atom stereocenters. The molecule has 0 aliphatic heterocycles. The highest BCUT2D eigenvalue weighted by atomic mass is 15.0. The maximum absolute atomic E-state index is 5.05. The summed E-state index contributed by atoms with van der Waals surface area (Å²) < 4.78 is 0. The Bertz CT molecular complexity index is 2630. The van der Waals surface area contributed by atoms with Crippen LogP contribution in [-0.4, -0.2) is 34.9 Å². The van der Waals surface area contributed by atoms with Gasteiger partial charge in [0.2, 0.25) is 0 Å². The van der Waals surface area contributed by atoms with Crippen molar-refractivity contribution in [1.29, 1.82) is 0 Å². The predicted molar refractivity (Wildman–Crippen MR) is 207 cm³/mol. The number of hydrogen-bond acceptors (Lipinski definition) is 7. The number of fused-ring (bicyclic) bond motifs is 1. The minimum atomic E-state index is 0.560. The lowest BCUT2D eigenvalue weighted by Gasteiger charge is -2.12. The average molecular weight is 670 g/mol. The molecule has 52 heavy (non-hydrogen) atoms. The first kappa shape index (κ1) is 31.0. The topological polar surface area (TPSA) is 90.2 Å². The molecule has 7 heteroatoms. The molecule has 0 amide bonds. The van der Waals surface area contributed by atoms with Crippen molar-refractivity contribution in [1.82, 2.24) is 34.9 Å². The van der Waals surface area contributed by atoms with Crippen LogP contribution in [-0.2, 0) is 0 Å². The molecule has 9 rings (SSSR count). The molecule has 0 radical (unpaired) electrons. The molecule has 0 spiro atoms. The molecule has 0 saturated carbocycles. The van der Waals surface area contributed by atoms with Gasteiger partial charge < -0.3 is 0 Å². The SMILES string of the molecule is C1=CC(c2nc(-c3cccc(-c4nc(-c5ccccc5)nc(-c5cccc(-c6ccccc6)c5)n4)c3)nc(-c3ccc4ncccc4c3)n2)=CCC1. The van der Waals surface area contributed by atoms with Gasteiger partial charge >= 0.3 is 0 Å². The number of benzene rings is 5. The summed E-state index contributed by atoms with van der Waals surface area (Å²) in [4.78, 5) is 34.5. The van der Waals surface area contributed by atoms with Gasteiger partial charge in [0.25, 0.3) is 0 Å². The second-order valence-electron chi connectivity index (χ2n) is 12.6. The third kappa shape index (κ3) is 6.39. The normalized spacial score (nSPS) is 12.5. The van der Waals surface area contributed by atoms with Gasteiger partial charge in [-0.2, -0.15) is 0 Å². The molecule has 0 N–H and O–H groups in total. The van der Waals surface area contributed by atoms with Gasteiger partial charge in [0.1, 0.15) is 0 Å². The zero-order valence-electron chi connectivity index (χ0n) is 28.1. The Labute approximate surface area is 301 Å². The van der Waals surface area contributed by atoms with Crippen LogP contribution in [0, 0.1) is 0 Å². The molecule has 246 valence electrons. The van der Waals surface area contributed by atoms with Crippen LogP contribution in [0.25, 0.3) is 84.5 Å². The van der Waals surface area contributed by atoms with E-state index in [0.29, 0.717) is 34.9 Å². The van der Waals surface area contributed by atoms with Crippen molar-refractivity contribution in [3.63, 3.8) is 0 Å². The highest BCUT2D eigenvalue weighted by molar-refractivity contribution is 5.84. The van der Waals surface area contributed by atoms with Crippen LogP contribution in [0.1, 0.15) is 18.7 Å². The summed E-state index contributed by atoms with van der Waals surface area (Å²) in [6.07, 6.45) is 10.2. The molecule has 8 aromatic rings. The van der Waals surface area contributed by atoms with Gasteiger partial charge in [0.05, 0.1) is 5.52 Å². The van der Waals surface area contributed by atoms with Crippen molar-refractivity contribution >= 4 is 16.5 Å². The van der Waals surface area contributed by atoms with Gasteiger partial charge in [-0.05, 0) is 60.4 Å². The van der Waals surface area contributed by atoms with E-state index in [0.717, 1.165) is 68.3 Å². The first-order valence-electron chi connectivity index (χ1n) is 17.3. The Kier molecular flexibility index (Phi) is 8.19. The van der Waals surface area contributed by atoms with Gasteiger partial charge in [-0.15, -0.1) is 0 Å². The summed E-state index contributed by atoms with van der Waals surface area (Å²) in [5.41, 5.74) is 8.51. The van der Waals surface area contributed by atoms with Gasteiger partial charge in [-0.1, -0.05) is 121 Å². The summed E-state index contributed by atoms with van der Waals surface area (Å²) in [6, 6.07) is 46.8. The van der Waals surface area contributed by atoms with Gasteiger partial charge in [0.15, 0.2) is 34.9 Å². The standard InChI is InChI=1S/C45H31N7/c1-4-13-30(14-5-1)33-19-10-20-35(27-33)42-47-40(31-15-6-2-7-16-31)48-43(51-42)36-21-11-22-37(29-36)44-49-41(32-17-8-3-9-18-32)50-45(52-44)38-24-25-39-34(28-38)23-12-26-46-39/h1-2,4-8,10-29H,3,9H2. The minimum absolute atomic E-state index is 0.560. The summed E-state index contributed by atoms with van der Waals surface area (Å²) in [5, 5.41) is 1.02. The molecule has 1 aliphatic carbocycles. The number of aromatic nitrogens is 7. The van der Waals surface area contributed by atoms with E-state index in [1.807, 2.05) is 103 Å². The van der Waals surface area contributed by atoms with E-state index in [-0.39, 0.29) is 0 Å². The monoisotopic (exact) mass is 669 g/mol. The Morgan fingerprint density at radius 3 is 1.50 bits per heavy atom. The van der Waals surface area contributed by atoms with Crippen LogP contribution in [0.3, 0.4) is 0 Å². The van der Waals surface area contributed by atoms with Crippen molar-refractivity contribution in [2.45, 2.75) is 12.8 Å². The Balaban J connectivity index is 1.17. The molecule has 0 fully saturated rings. The lowest BCUT2D eigenvalue weighted by atomic mass is 10.0. The summed E-state index contributed by atoms with van der Waals surface area (Å²) in [5.74, 6) is 3.57. The van der Waals surface area contributed by atoms with Gasteiger partial charge in [-0.25, -0.2) is 29.9 Å². The van der Waals surface area contributed by atoms with E-state index in [1.165, 1.54) is 0 Å². The van der Waals surface area contributed by atoms with Crippen LogP contribution in [0.5, 0.6) is 0 Å². The Morgan fingerprint density at radius 1 is 0.365 bits per heavy atom. The molecular formula is C45H31N7. The zero-order chi connectivity index (χ0) is 34.7. The van der Waals surface area contributed by atoms with E-state index in [4.69, 9.17) is 29.9 Å². The first-order chi connectivity index (χ1) is 25.7.